The molecule has 0 aliphatic carbocycles. The molecule has 0 radical (unpaired) electrons. The Hall–Kier alpha value is -1.81. The average Bonchev–Trinajstić information content (AvgIpc) is 3.00. The lowest BCUT2D eigenvalue weighted by molar-refractivity contribution is 0.160. The van der Waals surface area contributed by atoms with E-state index in [2.05, 4.69) is 11.9 Å². The largest absolute Gasteiger partial charge is 0.492 e. The number of piperidine rings is 1. The molecule has 1 aromatic carbocycles. The van der Waals surface area contributed by atoms with Crippen LogP contribution in [0.3, 0.4) is 0 Å². The molecule has 21 heavy (non-hydrogen) atoms. The first-order valence-electron chi connectivity index (χ1n) is 7.38. The van der Waals surface area contributed by atoms with E-state index in [9.17, 15) is 4.39 Å². The second kappa shape index (κ2) is 6.31. The number of ether oxygens (including phenoxy) is 1. The molecule has 3 rings (SSSR count). The molecule has 3 nitrogen and oxygen atoms in total. The van der Waals surface area contributed by atoms with Gasteiger partial charge in [-0.25, -0.2) is 4.39 Å². The van der Waals surface area contributed by atoms with Crippen molar-refractivity contribution < 1.29 is 13.5 Å². The Labute approximate surface area is 124 Å². The number of benzene rings is 1. The maximum Gasteiger partial charge on any atom is 0.140 e. The first-order chi connectivity index (χ1) is 10.2. The summed E-state index contributed by atoms with van der Waals surface area (Å²) in [6, 6.07) is 8.41. The molecule has 0 amide bonds. The lowest BCUT2D eigenvalue weighted by atomic mass is 9.98. The van der Waals surface area contributed by atoms with Gasteiger partial charge in [-0.2, -0.15) is 0 Å². The van der Waals surface area contributed by atoms with Gasteiger partial charge in [0.15, 0.2) is 0 Å². The van der Waals surface area contributed by atoms with Crippen LogP contribution in [0.1, 0.15) is 12.8 Å². The van der Waals surface area contributed by atoms with Crippen molar-refractivity contribution in [3.05, 3.63) is 42.4 Å². The molecular formula is C17H20FNO2. The summed E-state index contributed by atoms with van der Waals surface area (Å²) in [5, 5.41) is 0. The first-order valence-corrected chi connectivity index (χ1v) is 7.38. The zero-order chi connectivity index (χ0) is 14.7. The molecule has 0 spiro atoms. The van der Waals surface area contributed by atoms with Crippen molar-refractivity contribution in [2.24, 2.45) is 5.92 Å². The summed E-state index contributed by atoms with van der Waals surface area (Å²) >= 11 is 0. The molecule has 0 N–H and O–H groups in total. The third-order valence-electron chi connectivity index (χ3n) is 4.06. The van der Waals surface area contributed by atoms with E-state index in [1.54, 1.807) is 30.5 Å². The van der Waals surface area contributed by atoms with Gasteiger partial charge in [0.05, 0.1) is 18.4 Å². The molecule has 4 heteroatoms. The van der Waals surface area contributed by atoms with Gasteiger partial charge in [-0.15, -0.1) is 0 Å². The first kappa shape index (κ1) is 14.1. The van der Waals surface area contributed by atoms with Crippen LogP contribution < -0.4 is 4.74 Å². The van der Waals surface area contributed by atoms with E-state index in [1.807, 2.05) is 0 Å². The number of hydrogen-bond donors (Lipinski definition) is 0. The van der Waals surface area contributed by atoms with Gasteiger partial charge in [0.1, 0.15) is 17.3 Å². The smallest absolute Gasteiger partial charge is 0.140 e. The number of rotatable bonds is 4. The predicted octanol–water partition coefficient (Wildman–Crippen LogP) is 3.81. The Morgan fingerprint density at radius 2 is 2.05 bits per heavy atom. The molecule has 1 saturated heterocycles. The Morgan fingerprint density at radius 3 is 2.76 bits per heavy atom. The lowest BCUT2D eigenvalue weighted by Crippen LogP contribution is -2.32. The molecule has 1 aliphatic heterocycles. The number of halogens is 1. The third-order valence-corrected chi connectivity index (χ3v) is 4.06. The van der Waals surface area contributed by atoms with E-state index >= 15 is 0 Å². The van der Waals surface area contributed by atoms with Crippen LogP contribution in [-0.4, -0.2) is 31.6 Å². The summed E-state index contributed by atoms with van der Waals surface area (Å²) in [4.78, 5) is 2.33. The standard InChI is InChI=1S/C17H20FNO2/c1-19-9-7-13(8-10-19)12-21-16-5-2-4-14(18)17(16)15-6-3-11-20-15/h2-6,11,13H,7-10,12H2,1H3. The highest BCUT2D eigenvalue weighted by atomic mass is 19.1. The molecule has 2 aromatic rings. The summed E-state index contributed by atoms with van der Waals surface area (Å²) in [6.07, 6.45) is 3.80. The van der Waals surface area contributed by atoms with Crippen molar-refractivity contribution in [1.29, 1.82) is 0 Å². The number of furan rings is 1. The minimum atomic E-state index is -0.314. The molecule has 112 valence electrons. The maximum atomic E-state index is 14.1. The van der Waals surface area contributed by atoms with Gasteiger partial charge in [-0.3, -0.25) is 0 Å². The quantitative estimate of drug-likeness (QED) is 0.856. The molecule has 0 unspecified atom stereocenters. The second-order valence-electron chi connectivity index (χ2n) is 5.65. The molecule has 0 bridgehead atoms. The third kappa shape index (κ3) is 3.27. The Morgan fingerprint density at radius 1 is 1.24 bits per heavy atom. The number of nitrogens with zero attached hydrogens (tertiary/aromatic N) is 1. The van der Waals surface area contributed by atoms with Crippen LogP contribution in [-0.2, 0) is 0 Å². The molecule has 1 fully saturated rings. The van der Waals surface area contributed by atoms with Gasteiger partial charge in [-0.1, -0.05) is 6.07 Å². The van der Waals surface area contributed by atoms with E-state index in [0.717, 1.165) is 25.9 Å². The van der Waals surface area contributed by atoms with Gasteiger partial charge < -0.3 is 14.1 Å². The predicted molar refractivity (Wildman–Crippen MR) is 79.8 cm³/mol. The van der Waals surface area contributed by atoms with Gasteiger partial charge in [0, 0.05) is 0 Å². The van der Waals surface area contributed by atoms with Crippen LogP contribution >= 0.6 is 0 Å². The molecule has 1 aromatic heterocycles. The fourth-order valence-corrected chi connectivity index (χ4v) is 2.72. The minimum absolute atomic E-state index is 0.314. The topological polar surface area (TPSA) is 25.6 Å². The molecule has 0 atom stereocenters. The van der Waals surface area contributed by atoms with Crippen LogP contribution in [0.25, 0.3) is 11.3 Å². The van der Waals surface area contributed by atoms with Crippen molar-refractivity contribution in [3.8, 4) is 17.1 Å². The molecular weight excluding hydrogens is 269 g/mol. The summed E-state index contributed by atoms with van der Waals surface area (Å²) in [6.45, 7) is 2.83. The summed E-state index contributed by atoms with van der Waals surface area (Å²) in [5.74, 6) is 1.29. The normalized spacial score (nSPS) is 17.0. The molecule has 1 aliphatic rings. The van der Waals surface area contributed by atoms with E-state index in [4.69, 9.17) is 9.15 Å². The maximum absolute atomic E-state index is 14.1. The Bertz CT molecular complexity index is 574. The Balaban J connectivity index is 1.72. The highest BCUT2D eigenvalue weighted by molar-refractivity contribution is 5.66. The average molecular weight is 289 g/mol. The summed E-state index contributed by atoms with van der Waals surface area (Å²) in [7, 11) is 2.14. The van der Waals surface area contributed by atoms with E-state index in [-0.39, 0.29) is 5.82 Å². The fraction of sp³-hybridized carbons (Fsp3) is 0.412. The zero-order valence-electron chi connectivity index (χ0n) is 12.2. The van der Waals surface area contributed by atoms with Crippen LogP contribution in [0.5, 0.6) is 5.75 Å². The van der Waals surface area contributed by atoms with Crippen molar-refractivity contribution in [1.82, 2.24) is 4.90 Å². The number of likely N-dealkylation sites (tertiary alicyclic amines) is 1. The monoisotopic (exact) mass is 289 g/mol. The van der Waals surface area contributed by atoms with Crippen molar-refractivity contribution in [3.63, 3.8) is 0 Å². The van der Waals surface area contributed by atoms with Crippen LogP contribution in [0, 0.1) is 11.7 Å². The molecule has 0 saturated carbocycles. The van der Waals surface area contributed by atoms with Crippen LogP contribution in [0.15, 0.2) is 41.0 Å². The van der Waals surface area contributed by atoms with Gasteiger partial charge in [-0.05, 0) is 63.2 Å². The van der Waals surface area contributed by atoms with E-state index < -0.39 is 0 Å². The SMILES string of the molecule is CN1CCC(COc2cccc(F)c2-c2ccco2)CC1. The summed E-state index contributed by atoms with van der Waals surface area (Å²) < 4.78 is 25.3. The fourth-order valence-electron chi connectivity index (χ4n) is 2.72. The van der Waals surface area contributed by atoms with Crippen molar-refractivity contribution >= 4 is 0 Å². The van der Waals surface area contributed by atoms with E-state index in [0.29, 0.717) is 29.6 Å². The zero-order valence-corrected chi connectivity index (χ0v) is 12.2. The highest BCUT2D eigenvalue weighted by Crippen LogP contribution is 2.33. The number of hydrogen-bond acceptors (Lipinski definition) is 3. The Kier molecular flexibility index (Phi) is 4.25. The van der Waals surface area contributed by atoms with Crippen molar-refractivity contribution in [2.45, 2.75) is 12.8 Å². The van der Waals surface area contributed by atoms with Gasteiger partial charge >= 0.3 is 0 Å². The van der Waals surface area contributed by atoms with Crippen molar-refractivity contribution in [2.75, 3.05) is 26.7 Å². The van der Waals surface area contributed by atoms with Crippen LogP contribution in [0.4, 0.5) is 4.39 Å². The second-order valence-corrected chi connectivity index (χ2v) is 5.65. The molecule has 2 heterocycles. The van der Waals surface area contributed by atoms with Gasteiger partial charge in [0.2, 0.25) is 0 Å². The van der Waals surface area contributed by atoms with E-state index in [1.165, 1.54) is 6.07 Å². The summed E-state index contributed by atoms with van der Waals surface area (Å²) in [5.41, 5.74) is 0.412. The highest BCUT2D eigenvalue weighted by Gasteiger charge is 2.19. The van der Waals surface area contributed by atoms with Crippen LogP contribution in [0.2, 0.25) is 0 Å². The lowest BCUT2D eigenvalue weighted by Gasteiger charge is -2.28. The minimum Gasteiger partial charge on any atom is -0.492 e. The van der Waals surface area contributed by atoms with Gasteiger partial charge in [0.25, 0.3) is 0 Å².